The van der Waals surface area contributed by atoms with Crippen molar-refractivity contribution in [1.29, 1.82) is 0 Å². The van der Waals surface area contributed by atoms with Crippen molar-refractivity contribution >= 4 is 11.6 Å². The summed E-state index contributed by atoms with van der Waals surface area (Å²) >= 11 is 5.75. The zero-order valence-corrected chi connectivity index (χ0v) is 10.0. The monoisotopic (exact) mass is 242 g/mol. The van der Waals surface area contributed by atoms with Crippen LogP contribution in [0.3, 0.4) is 0 Å². The molecule has 0 spiro atoms. The van der Waals surface area contributed by atoms with Gasteiger partial charge in [-0.2, -0.15) is 0 Å². The van der Waals surface area contributed by atoms with Gasteiger partial charge in [0.05, 0.1) is 5.02 Å². The molecule has 0 bridgehead atoms. The molecule has 0 aliphatic carbocycles. The lowest BCUT2D eigenvalue weighted by molar-refractivity contribution is 0.251. The van der Waals surface area contributed by atoms with Crippen molar-refractivity contribution in [3.63, 3.8) is 0 Å². The van der Waals surface area contributed by atoms with Crippen LogP contribution in [0.15, 0.2) is 18.2 Å². The Hall–Kier alpha value is -0.640. The number of rotatable bonds is 2. The molecule has 1 aromatic rings. The number of nitrogens with two attached hydrogens (primary N) is 1. The van der Waals surface area contributed by atoms with Gasteiger partial charge in [0.25, 0.3) is 0 Å². The van der Waals surface area contributed by atoms with Gasteiger partial charge in [0, 0.05) is 25.2 Å². The van der Waals surface area contributed by atoms with Crippen molar-refractivity contribution < 1.29 is 4.39 Å². The van der Waals surface area contributed by atoms with Gasteiger partial charge in [0.1, 0.15) is 5.82 Å². The second-order valence-corrected chi connectivity index (χ2v) is 4.82. The van der Waals surface area contributed by atoms with Crippen LogP contribution in [0.25, 0.3) is 0 Å². The SMILES string of the molecule is CC1C(N)CCN1Cc1ccc(F)c(Cl)c1. The molecule has 1 aromatic carbocycles. The van der Waals surface area contributed by atoms with E-state index in [9.17, 15) is 4.39 Å². The Morgan fingerprint density at radius 1 is 1.56 bits per heavy atom. The van der Waals surface area contributed by atoms with Gasteiger partial charge in [-0.3, -0.25) is 4.90 Å². The van der Waals surface area contributed by atoms with Crippen molar-refractivity contribution in [3.05, 3.63) is 34.6 Å². The molecule has 0 amide bonds. The molecule has 4 heteroatoms. The van der Waals surface area contributed by atoms with Gasteiger partial charge in [0.15, 0.2) is 0 Å². The average molecular weight is 243 g/mol. The Balaban J connectivity index is 2.07. The van der Waals surface area contributed by atoms with Crippen LogP contribution >= 0.6 is 11.6 Å². The largest absolute Gasteiger partial charge is 0.326 e. The first-order valence-electron chi connectivity index (χ1n) is 5.51. The standard InChI is InChI=1S/C12H16ClFN2/c1-8-12(15)4-5-16(8)7-9-2-3-11(14)10(13)6-9/h2-3,6,8,12H,4-5,7,15H2,1H3. The summed E-state index contributed by atoms with van der Waals surface area (Å²) in [7, 11) is 0. The third-order valence-corrected chi connectivity index (χ3v) is 3.60. The molecule has 2 N–H and O–H groups in total. The van der Waals surface area contributed by atoms with Crippen LogP contribution in [0.5, 0.6) is 0 Å². The van der Waals surface area contributed by atoms with Crippen LogP contribution in [0.1, 0.15) is 18.9 Å². The molecule has 1 aliphatic heterocycles. The van der Waals surface area contributed by atoms with Crippen LogP contribution in [0.4, 0.5) is 4.39 Å². The molecule has 0 aromatic heterocycles. The Kier molecular flexibility index (Phi) is 3.47. The highest BCUT2D eigenvalue weighted by Crippen LogP contribution is 2.21. The van der Waals surface area contributed by atoms with E-state index in [0.717, 1.165) is 25.1 Å². The molecule has 1 saturated heterocycles. The van der Waals surface area contributed by atoms with Gasteiger partial charge < -0.3 is 5.73 Å². The predicted molar refractivity (Wildman–Crippen MR) is 63.9 cm³/mol. The van der Waals surface area contributed by atoms with E-state index in [4.69, 9.17) is 17.3 Å². The fourth-order valence-electron chi connectivity index (χ4n) is 2.13. The maximum Gasteiger partial charge on any atom is 0.141 e. The third kappa shape index (κ3) is 2.37. The van der Waals surface area contributed by atoms with Gasteiger partial charge in [-0.05, 0) is 31.0 Å². The summed E-state index contributed by atoms with van der Waals surface area (Å²) in [6, 6.07) is 5.50. The minimum Gasteiger partial charge on any atom is -0.326 e. The highest BCUT2D eigenvalue weighted by molar-refractivity contribution is 6.30. The Morgan fingerprint density at radius 3 is 2.88 bits per heavy atom. The van der Waals surface area contributed by atoms with Crippen LogP contribution in [-0.4, -0.2) is 23.5 Å². The van der Waals surface area contributed by atoms with E-state index in [-0.39, 0.29) is 16.9 Å². The number of benzene rings is 1. The number of hydrogen-bond donors (Lipinski definition) is 1. The molecule has 2 nitrogen and oxygen atoms in total. The van der Waals surface area contributed by atoms with E-state index >= 15 is 0 Å². The molecular weight excluding hydrogens is 227 g/mol. The molecule has 1 aliphatic rings. The molecule has 16 heavy (non-hydrogen) atoms. The van der Waals surface area contributed by atoms with Crippen LogP contribution in [0, 0.1) is 5.82 Å². The van der Waals surface area contributed by atoms with Crippen molar-refractivity contribution in [2.45, 2.75) is 32.0 Å². The lowest BCUT2D eigenvalue weighted by Gasteiger charge is -2.22. The van der Waals surface area contributed by atoms with Crippen molar-refractivity contribution in [2.75, 3.05) is 6.54 Å². The van der Waals surface area contributed by atoms with Gasteiger partial charge in [-0.25, -0.2) is 4.39 Å². The summed E-state index contributed by atoms with van der Waals surface area (Å²) in [4.78, 5) is 2.30. The van der Waals surface area contributed by atoms with Crippen molar-refractivity contribution in [2.24, 2.45) is 5.73 Å². The van der Waals surface area contributed by atoms with Gasteiger partial charge >= 0.3 is 0 Å². The zero-order chi connectivity index (χ0) is 11.7. The molecule has 0 saturated carbocycles. The first kappa shape index (κ1) is 11.8. The van der Waals surface area contributed by atoms with Gasteiger partial charge in [-0.1, -0.05) is 17.7 Å². The molecule has 0 radical (unpaired) electrons. The summed E-state index contributed by atoms with van der Waals surface area (Å²) < 4.78 is 13.0. The first-order chi connectivity index (χ1) is 7.58. The van der Waals surface area contributed by atoms with Crippen molar-refractivity contribution in [1.82, 2.24) is 4.90 Å². The van der Waals surface area contributed by atoms with Crippen LogP contribution < -0.4 is 5.73 Å². The van der Waals surface area contributed by atoms with E-state index in [2.05, 4.69) is 11.8 Å². The average Bonchev–Trinajstić information content (AvgIpc) is 2.55. The smallest absolute Gasteiger partial charge is 0.141 e. The second kappa shape index (κ2) is 4.70. The Bertz CT molecular complexity index is 383. The normalized spacial score (nSPS) is 26.2. The van der Waals surface area contributed by atoms with E-state index in [1.807, 2.05) is 0 Å². The summed E-state index contributed by atoms with van der Waals surface area (Å²) in [5.41, 5.74) is 6.98. The van der Waals surface area contributed by atoms with Crippen LogP contribution in [-0.2, 0) is 6.54 Å². The third-order valence-electron chi connectivity index (χ3n) is 3.31. The fourth-order valence-corrected chi connectivity index (χ4v) is 2.33. The van der Waals surface area contributed by atoms with Crippen LogP contribution in [0.2, 0.25) is 5.02 Å². The minimum absolute atomic E-state index is 0.189. The second-order valence-electron chi connectivity index (χ2n) is 4.41. The number of hydrogen-bond acceptors (Lipinski definition) is 2. The summed E-state index contributed by atoms with van der Waals surface area (Å²) in [6.07, 6.45) is 1.02. The Labute approximate surface area is 100 Å². The van der Waals surface area contributed by atoms with E-state index < -0.39 is 0 Å². The zero-order valence-electron chi connectivity index (χ0n) is 9.29. The maximum absolute atomic E-state index is 13.0. The molecule has 2 unspecified atom stereocenters. The van der Waals surface area contributed by atoms with Gasteiger partial charge in [-0.15, -0.1) is 0 Å². The van der Waals surface area contributed by atoms with E-state index in [1.54, 1.807) is 12.1 Å². The molecule has 88 valence electrons. The number of halogens is 2. The summed E-state index contributed by atoms with van der Waals surface area (Å²) in [6.45, 7) is 3.91. The molecular formula is C12H16ClFN2. The molecule has 1 fully saturated rings. The van der Waals surface area contributed by atoms with E-state index in [1.165, 1.54) is 6.07 Å². The van der Waals surface area contributed by atoms with Gasteiger partial charge in [0.2, 0.25) is 0 Å². The van der Waals surface area contributed by atoms with E-state index in [0.29, 0.717) is 6.04 Å². The Morgan fingerprint density at radius 2 is 2.31 bits per heavy atom. The molecule has 2 rings (SSSR count). The molecule has 1 heterocycles. The quantitative estimate of drug-likeness (QED) is 0.863. The fraction of sp³-hybridized carbons (Fsp3) is 0.500. The number of nitrogens with zero attached hydrogens (tertiary/aromatic N) is 1. The minimum atomic E-state index is -0.364. The summed E-state index contributed by atoms with van der Waals surface area (Å²) in [5, 5.41) is 0.189. The maximum atomic E-state index is 13.0. The highest BCUT2D eigenvalue weighted by atomic mass is 35.5. The highest BCUT2D eigenvalue weighted by Gasteiger charge is 2.27. The number of likely N-dealkylation sites (tertiary alicyclic amines) is 1. The lowest BCUT2D eigenvalue weighted by Crippen LogP contribution is -2.36. The topological polar surface area (TPSA) is 29.3 Å². The van der Waals surface area contributed by atoms with Crippen molar-refractivity contribution in [3.8, 4) is 0 Å². The first-order valence-corrected chi connectivity index (χ1v) is 5.89. The lowest BCUT2D eigenvalue weighted by atomic mass is 10.1. The predicted octanol–water partition coefficient (Wildman–Crippen LogP) is 2.40. The summed E-state index contributed by atoms with van der Waals surface area (Å²) in [5.74, 6) is -0.364. The molecule has 2 atom stereocenters.